The number of carbonyl (C=O) groups is 1. The zero-order chi connectivity index (χ0) is 14.8. The van der Waals surface area contributed by atoms with E-state index in [0.717, 1.165) is 17.2 Å². The maximum Gasteiger partial charge on any atom is 0.354 e. The molecule has 1 fully saturated rings. The summed E-state index contributed by atoms with van der Waals surface area (Å²) in [6, 6.07) is 9.80. The molecule has 1 aliphatic carbocycles. The minimum atomic E-state index is -0.986. The minimum Gasteiger partial charge on any atom is -0.477 e. The largest absolute Gasteiger partial charge is 0.477 e. The van der Waals surface area contributed by atoms with Crippen LogP contribution in [-0.4, -0.2) is 22.1 Å². The van der Waals surface area contributed by atoms with Gasteiger partial charge >= 0.3 is 5.97 Å². The first-order valence-electron chi connectivity index (χ1n) is 7.55. The summed E-state index contributed by atoms with van der Waals surface area (Å²) in [6.07, 6.45) is 4.84. The first kappa shape index (κ1) is 13.9. The number of hydrogen-bond acceptors (Lipinski definition) is 3. The van der Waals surface area contributed by atoms with E-state index >= 15 is 0 Å². The van der Waals surface area contributed by atoms with Crippen molar-refractivity contribution < 1.29 is 9.90 Å². The Morgan fingerprint density at radius 1 is 1.29 bits per heavy atom. The van der Waals surface area contributed by atoms with Crippen molar-refractivity contribution in [3.05, 3.63) is 36.0 Å². The molecule has 2 unspecified atom stereocenters. The summed E-state index contributed by atoms with van der Waals surface area (Å²) < 4.78 is 0. The summed E-state index contributed by atoms with van der Waals surface area (Å²) in [7, 11) is 0. The Kier molecular flexibility index (Phi) is 3.78. The fraction of sp³-hybridized carbons (Fsp3) is 0.412. The van der Waals surface area contributed by atoms with E-state index in [1.165, 1.54) is 19.3 Å². The zero-order valence-corrected chi connectivity index (χ0v) is 12.2. The van der Waals surface area contributed by atoms with Crippen molar-refractivity contribution in [2.24, 2.45) is 5.92 Å². The Morgan fingerprint density at radius 3 is 2.81 bits per heavy atom. The van der Waals surface area contributed by atoms with Gasteiger partial charge in [0, 0.05) is 11.4 Å². The summed E-state index contributed by atoms with van der Waals surface area (Å²) in [5.41, 5.74) is 0.0969. The molecule has 110 valence electrons. The second kappa shape index (κ2) is 5.72. The molecular formula is C17H20N2O2. The predicted molar refractivity (Wildman–Crippen MR) is 83.7 cm³/mol. The lowest BCUT2D eigenvalue weighted by molar-refractivity contribution is 0.0691. The van der Waals surface area contributed by atoms with E-state index in [-0.39, 0.29) is 5.69 Å². The Labute approximate surface area is 124 Å². The third-order valence-corrected chi connectivity index (χ3v) is 4.39. The molecule has 1 aliphatic rings. The molecule has 1 saturated carbocycles. The molecule has 2 aromatic rings. The van der Waals surface area contributed by atoms with Gasteiger partial charge in [0.25, 0.3) is 0 Å². The number of carboxylic acids is 1. The van der Waals surface area contributed by atoms with Crippen LogP contribution in [0.2, 0.25) is 0 Å². The molecule has 2 atom stereocenters. The van der Waals surface area contributed by atoms with Crippen LogP contribution < -0.4 is 5.32 Å². The number of anilines is 1. The number of nitrogens with one attached hydrogen (secondary N) is 1. The molecule has 4 heteroatoms. The van der Waals surface area contributed by atoms with Crippen LogP contribution in [0.3, 0.4) is 0 Å². The average Bonchev–Trinajstić information content (AvgIpc) is 2.49. The van der Waals surface area contributed by atoms with Crippen molar-refractivity contribution in [2.45, 2.75) is 38.6 Å². The standard InChI is InChI=1S/C17H20N2O2/c1-11-6-2-5-9-14(11)18-16-13-8-4-3-7-12(13)10-15(19-16)17(20)21/h3-4,7-8,10-11,14H,2,5-6,9H2,1H3,(H,18,19)(H,20,21). The molecule has 1 heterocycles. The topological polar surface area (TPSA) is 62.2 Å². The van der Waals surface area contributed by atoms with Crippen molar-refractivity contribution in [1.82, 2.24) is 4.98 Å². The van der Waals surface area contributed by atoms with Gasteiger partial charge < -0.3 is 10.4 Å². The van der Waals surface area contributed by atoms with Crippen LogP contribution in [-0.2, 0) is 0 Å². The third kappa shape index (κ3) is 2.84. The van der Waals surface area contributed by atoms with Gasteiger partial charge in [0.15, 0.2) is 5.69 Å². The molecule has 3 rings (SSSR count). The number of hydrogen-bond donors (Lipinski definition) is 2. The second-order valence-corrected chi connectivity index (χ2v) is 5.89. The zero-order valence-electron chi connectivity index (χ0n) is 12.2. The van der Waals surface area contributed by atoms with E-state index < -0.39 is 5.97 Å². The fourth-order valence-electron chi connectivity index (χ4n) is 3.12. The summed E-state index contributed by atoms with van der Waals surface area (Å²) in [5.74, 6) is 0.303. The second-order valence-electron chi connectivity index (χ2n) is 5.89. The van der Waals surface area contributed by atoms with Crippen LogP contribution in [0.15, 0.2) is 30.3 Å². The number of benzene rings is 1. The highest BCUT2D eigenvalue weighted by Crippen LogP contribution is 2.29. The normalized spacial score (nSPS) is 22.1. The van der Waals surface area contributed by atoms with E-state index in [0.29, 0.717) is 17.8 Å². The first-order chi connectivity index (χ1) is 10.1. The molecular weight excluding hydrogens is 264 g/mol. The lowest BCUT2D eigenvalue weighted by atomic mass is 9.86. The van der Waals surface area contributed by atoms with Crippen molar-refractivity contribution in [3.8, 4) is 0 Å². The summed E-state index contributed by atoms with van der Waals surface area (Å²) in [6.45, 7) is 2.25. The molecule has 4 nitrogen and oxygen atoms in total. The van der Waals surface area contributed by atoms with E-state index in [4.69, 9.17) is 0 Å². The van der Waals surface area contributed by atoms with Crippen molar-refractivity contribution in [1.29, 1.82) is 0 Å². The van der Waals surface area contributed by atoms with Gasteiger partial charge in [-0.05, 0) is 30.2 Å². The predicted octanol–water partition coefficient (Wildman–Crippen LogP) is 3.92. The van der Waals surface area contributed by atoms with E-state index in [1.54, 1.807) is 6.07 Å². The monoisotopic (exact) mass is 284 g/mol. The Balaban J connectivity index is 2.01. The van der Waals surface area contributed by atoms with E-state index in [9.17, 15) is 9.90 Å². The van der Waals surface area contributed by atoms with Crippen LogP contribution in [0.4, 0.5) is 5.82 Å². The maximum absolute atomic E-state index is 11.3. The molecule has 0 amide bonds. The summed E-state index contributed by atoms with van der Waals surface area (Å²) >= 11 is 0. The van der Waals surface area contributed by atoms with Crippen LogP contribution in [0.25, 0.3) is 10.8 Å². The number of pyridine rings is 1. The third-order valence-electron chi connectivity index (χ3n) is 4.39. The van der Waals surface area contributed by atoms with Gasteiger partial charge in [-0.3, -0.25) is 0 Å². The van der Waals surface area contributed by atoms with Gasteiger partial charge in [-0.25, -0.2) is 9.78 Å². The molecule has 0 saturated heterocycles. The molecule has 21 heavy (non-hydrogen) atoms. The molecule has 0 spiro atoms. The van der Waals surface area contributed by atoms with Gasteiger partial charge in [-0.2, -0.15) is 0 Å². The number of rotatable bonds is 3. The van der Waals surface area contributed by atoms with Crippen LogP contribution >= 0.6 is 0 Å². The highest BCUT2D eigenvalue weighted by Gasteiger charge is 2.22. The molecule has 0 radical (unpaired) electrons. The SMILES string of the molecule is CC1CCCCC1Nc1nc(C(=O)O)cc2ccccc12. The van der Waals surface area contributed by atoms with Crippen LogP contribution in [0.5, 0.6) is 0 Å². The van der Waals surface area contributed by atoms with Gasteiger partial charge in [0.05, 0.1) is 0 Å². The van der Waals surface area contributed by atoms with Gasteiger partial charge in [-0.15, -0.1) is 0 Å². The average molecular weight is 284 g/mol. The van der Waals surface area contributed by atoms with Gasteiger partial charge in [0.1, 0.15) is 5.82 Å². The number of aromatic nitrogens is 1. The number of aromatic carboxylic acids is 1. The highest BCUT2D eigenvalue weighted by atomic mass is 16.4. The quantitative estimate of drug-likeness (QED) is 0.896. The Morgan fingerprint density at radius 2 is 2.05 bits per heavy atom. The van der Waals surface area contributed by atoms with Crippen LogP contribution in [0.1, 0.15) is 43.1 Å². The Hall–Kier alpha value is -2.10. The maximum atomic E-state index is 11.3. The van der Waals surface area contributed by atoms with Crippen molar-refractivity contribution in [2.75, 3.05) is 5.32 Å². The summed E-state index contributed by atoms with van der Waals surface area (Å²) in [5, 5.41) is 14.6. The van der Waals surface area contributed by atoms with Crippen molar-refractivity contribution >= 4 is 22.6 Å². The molecule has 0 aliphatic heterocycles. The van der Waals surface area contributed by atoms with Crippen LogP contribution in [0, 0.1) is 5.92 Å². The van der Waals surface area contributed by atoms with E-state index in [1.807, 2.05) is 24.3 Å². The summed E-state index contributed by atoms with van der Waals surface area (Å²) in [4.78, 5) is 15.6. The van der Waals surface area contributed by atoms with E-state index in [2.05, 4.69) is 17.2 Å². The highest BCUT2D eigenvalue weighted by molar-refractivity contribution is 5.97. The number of nitrogens with zero attached hydrogens (tertiary/aromatic N) is 1. The molecule has 1 aromatic heterocycles. The van der Waals surface area contributed by atoms with Gasteiger partial charge in [0.2, 0.25) is 0 Å². The van der Waals surface area contributed by atoms with Crippen molar-refractivity contribution in [3.63, 3.8) is 0 Å². The lowest BCUT2D eigenvalue weighted by Crippen LogP contribution is -2.31. The molecule has 2 N–H and O–H groups in total. The Bertz CT molecular complexity index is 669. The van der Waals surface area contributed by atoms with Gasteiger partial charge in [-0.1, -0.05) is 44.0 Å². The lowest BCUT2D eigenvalue weighted by Gasteiger charge is -2.30. The molecule has 0 bridgehead atoms. The fourth-order valence-corrected chi connectivity index (χ4v) is 3.12. The number of fused-ring (bicyclic) bond motifs is 1. The number of carboxylic acid groups (broad SMARTS) is 1. The smallest absolute Gasteiger partial charge is 0.354 e. The molecule has 1 aromatic carbocycles. The first-order valence-corrected chi connectivity index (χ1v) is 7.55. The minimum absolute atomic E-state index is 0.0969.